The summed E-state index contributed by atoms with van der Waals surface area (Å²) in [6.07, 6.45) is 3.12. The van der Waals surface area contributed by atoms with Crippen LogP contribution in [0.2, 0.25) is 5.02 Å². The van der Waals surface area contributed by atoms with Crippen molar-refractivity contribution in [3.63, 3.8) is 0 Å². The lowest BCUT2D eigenvalue weighted by Gasteiger charge is -2.11. The fourth-order valence-corrected chi connectivity index (χ4v) is 2.52. The van der Waals surface area contributed by atoms with Gasteiger partial charge in [-0.3, -0.25) is 0 Å². The van der Waals surface area contributed by atoms with Crippen molar-refractivity contribution in [3.05, 3.63) is 70.5 Å². The molecule has 2 aromatic carbocycles. The van der Waals surface area contributed by atoms with E-state index >= 15 is 0 Å². The third kappa shape index (κ3) is 4.02. The van der Waals surface area contributed by atoms with E-state index in [1.165, 1.54) is 0 Å². The average Bonchev–Trinajstić information content (AvgIpc) is 2.65. The van der Waals surface area contributed by atoms with Gasteiger partial charge in [0.1, 0.15) is 6.61 Å². The first-order valence-corrected chi connectivity index (χ1v) is 8.20. The van der Waals surface area contributed by atoms with Crippen LogP contribution in [0.5, 0.6) is 5.75 Å². The van der Waals surface area contributed by atoms with Crippen LogP contribution in [0.4, 0.5) is 17.3 Å². The highest BCUT2D eigenvalue weighted by Gasteiger charge is 2.07. The molecule has 0 saturated carbocycles. The Morgan fingerprint density at radius 2 is 2.00 bits per heavy atom. The fraction of sp³-hybridized carbons (Fsp3) is 0.105. The molecular weight excluding hydrogens is 350 g/mol. The molecule has 0 bridgehead atoms. The van der Waals surface area contributed by atoms with Crippen LogP contribution in [0, 0.1) is 18.3 Å². The van der Waals surface area contributed by atoms with Gasteiger partial charge in [0.2, 0.25) is 5.95 Å². The molecule has 0 aliphatic carbocycles. The lowest BCUT2D eigenvalue weighted by Crippen LogP contribution is -2.03. The van der Waals surface area contributed by atoms with Crippen LogP contribution in [0.3, 0.4) is 0 Å². The van der Waals surface area contributed by atoms with E-state index in [-0.39, 0.29) is 6.61 Å². The minimum atomic E-state index is 0.217. The standard InChI is InChI=1S/C19H16ClN5O/c1-12-3-2-4-17(22)18(12)25-19-23-9-15(10-24-19)26-11-14-7-13(8-21)5-6-16(14)20/h2-7,9-10H,11,22H2,1H3,(H,23,24,25). The average molecular weight is 366 g/mol. The third-order valence-corrected chi connectivity index (χ3v) is 4.11. The number of aromatic nitrogens is 2. The number of nitriles is 1. The molecule has 1 heterocycles. The number of nitrogen functional groups attached to an aromatic ring is 1. The number of aryl methyl sites for hydroxylation is 1. The Labute approximate surface area is 156 Å². The minimum absolute atomic E-state index is 0.217. The number of ether oxygens (including phenoxy) is 1. The van der Waals surface area contributed by atoms with Gasteiger partial charge in [0.05, 0.1) is 35.4 Å². The number of rotatable bonds is 5. The molecule has 0 aliphatic heterocycles. The summed E-state index contributed by atoms with van der Waals surface area (Å²) >= 11 is 6.12. The van der Waals surface area contributed by atoms with E-state index in [1.807, 2.05) is 25.1 Å². The second kappa shape index (κ2) is 7.72. The lowest BCUT2D eigenvalue weighted by molar-refractivity contribution is 0.304. The van der Waals surface area contributed by atoms with E-state index in [2.05, 4.69) is 21.4 Å². The molecule has 26 heavy (non-hydrogen) atoms. The topological polar surface area (TPSA) is 96.9 Å². The van der Waals surface area contributed by atoms with Crippen LogP contribution in [0.1, 0.15) is 16.7 Å². The van der Waals surface area contributed by atoms with Crippen LogP contribution < -0.4 is 15.8 Å². The quantitative estimate of drug-likeness (QED) is 0.657. The number of nitrogens with zero attached hydrogens (tertiary/aromatic N) is 3. The normalized spacial score (nSPS) is 10.2. The van der Waals surface area contributed by atoms with E-state index in [9.17, 15) is 0 Å². The summed E-state index contributed by atoms with van der Waals surface area (Å²) in [6.45, 7) is 2.17. The van der Waals surface area contributed by atoms with Crippen LogP contribution >= 0.6 is 11.6 Å². The van der Waals surface area contributed by atoms with Gasteiger partial charge in [0, 0.05) is 10.6 Å². The maximum Gasteiger partial charge on any atom is 0.227 e. The van der Waals surface area contributed by atoms with Gasteiger partial charge in [0.15, 0.2) is 5.75 Å². The van der Waals surface area contributed by atoms with Gasteiger partial charge in [-0.1, -0.05) is 23.7 Å². The number of para-hydroxylation sites is 1. The molecular formula is C19H16ClN5O. The smallest absolute Gasteiger partial charge is 0.227 e. The van der Waals surface area contributed by atoms with Crippen molar-refractivity contribution in [2.45, 2.75) is 13.5 Å². The van der Waals surface area contributed by atoms with Gasteiger partial charge < -0.3 is 15.8 Å². The fourth-order valence-electron chi connectivity index (χ4n) is 2.34. The largest absolute Gasteiger partial charge is 0.486 e. The predicted molar refractivity (Wildman–Crippen MR) is 101 cm³/mol. The second-order valence-corrected chi connectivity index (χ2v) is 6.02. The van der Waals surface area contributed by atoms with Crippen molar-refractivity contribution in [2.24, 2.45) is 0 Å². The number of nitrogens with two attached hydrogens (primary N) is 1. The van der Waals surface area contributed by atoms with Crippen molar-refractivity contribution in [1.82, 2.24) is 9.97 Å². The number of nitrogens with one attached hydrogen (secondary N) is 1. The zero-order valence-corrected chi connectivity index (χ0v) is 14.8. The highest BCUT2D eigenvalue weighted by Crippen LogP contribution is 2.25. The summed E-state index contributed by atoms with van der Waals surface area (Å²) in [5.41, 5.74) is 9.63. The number of anilines is 3. The summed E-state index contributed by atoms with van der Waals surface area (Å²) in [4.78, 5) is 8.47. The summed E-state index contributed by atoms with van der Waals surface area (Å²) in [5, 5.41) is 12.6. The molecule has 0 atom stereocenters. The van der Waals surface area contributed by atoms with Gasteiger partial charge in [-0.15, -0.1) is 0 Å². The molecule has 3 N–H and O–H groups in total. The molecule has 0 fully saturated rings. The highest BCUT2D eigenvalue weighted by molar-refractivity contribution is 6.31. The van der Waals surface area contributed by atoms with Crippen LogP contribution in [-0.4, -0.2) is 9.97 Å². The first-order valence-electron chi connectivity index (χ1n) is 7.82. The Morgan fingerprint density at radius 1 is 1.23 bits per heavy atom. The first-order chi connectivity index (χ1) is 12.6. The maximum absolute atomic E-state index is 8.96. The van der Waals surface area contributed by atoms with Crippen molar-refractivity contribution < 1.29 is 4.74 Å². The Morgan fingerprint density at radius 3 is 2.69 bits per heavy atom. The molecule has 0 saturated heterocycles. The Balaban J connectivity index is 1.68. The summed E-state index contributed by atoms with van der Waals surface area (Å²) in [7, 11) is 0. The Bertz CT molecular complexity index is 946. The molecule has 3 aromatic rings. The van der Waals surface area contributed by atoms with Crippen molar-refractivity contribution >= 4 is 28.9 Å². The lowest BCUT2D eigenvalue weighted by atomic mass is 10.1. The molecule has 6 nitrogen and oxygen atoms in total. The second-order valence-electron chi connectivity index (χ2n) is 5.61. The molecule has 0 radical (unpaired) electrons. The number of hydrogen-bond acceptors (Lipinski definition) is 6. The maximum atomic E-state index is 8.96. The van der Waals surface area contributed by atoms with Crippen LogP contribution in [-0.2, 0) is 6.61 Å². The predicted octanol–water partition coefficient (Wildman–Crippen LogP) is 4.21. The molecule has 3 rings (SSSR count). The number of benzene rings is 2. The summed E-state index contributed by atoms with van der Waals surface area (Å²) < 4.78 is 5.65. The van der Waals surface area contributed by atoms with Crippen LogP contribution in [0.15, 0.2) is 48.8 Å². The van der Waals surface area contributed by atoms with E-state index in [0.717, 1.165) is 16.8 Å². The Kier molecular flexibility index (Phi) is 5.20. The van der Waals surface area contributed by atoms with Gasteiger partial charge in [-0.2, -0.15) is 5.26 Å². The molecule has 1 aromatic heterocycles. The van der Waals surface area contributed by atoms with E-state index in [4.69, 9.17) is 27.3 Å². The van der Waals surface area contributed by atoms with Gasteiger partial charge in [-0.05, 0) is 36.8 Å². The summed E-state index contributed by atoms with van der Waals surface area (Å²) in [5.74, 6) is 0.912. The molecule has 130 valence electrons. The zero-order chi connectivity index (χ0) is 18.5. The van der Waals surface area contributed by atoms with Crippen molar-refractivity contribution in [2.75, 3.05) is 11.1 Å². The molecule has 0 aliphatic rings. The van der Waals surface area contributed by atoms with Gasteiger partial charge >= 0.3 is 0 Å². The zero-order valence-electron chi connectivity index (χ0n) is 14.0. The van der Waals surface area contributed by atoms with Gasteiger partial charge in [0.25, 0.3) is 0 Å². The van der Waals surface area contributed by atoms with Crippen molar-refractivity contribution in [3.8, 4) is 11.8 Å². The Hall–Kier alpha value is -3.30. The van der Waals surface area contributed by atoms with E-state index in [0.29, 0.717) is 28.0 Å². The SMILES string of the molecule is Cc1cccc(N)c1Nc1ncc(OCc2cc(C#N)ccc2Cl)cn1. The van der Waals surface area contributed by atoms with E-state index in [1.54, 1.807) is 30.6 Å². The molecule has 0 amide bonds. The van der Waals surface area contributed by atoms with Gasteiger partial charge in [-0.25, -0.2) is 9.97 Å². The molecule has 0 spiro atoms. The first kappa shape index (κ1) is 17.5. The number of hydrogen-bond donors (Lipinski definition) is 2. The van der Waals surface area contributed by atoms with Crippen LogP contribution in [0.25, 0.3) is 0 Å². The third-order valence-electron chi connectivity index (χ3n) is 3.74. The minimum Gasteiger partial charge on any atom is -0.486 e. The number of halogens is 1. The van der Waals surface area contributed by atoms with Crippen molar-refractivity contribution in [1.29, 1.82) is 5.26 Å². The van der Waals surface area contributed by atoms with E-state index < -0.39 is 0 Å². The monoisotopic (exact) mass is 365 g/mol. The summed E-state index contributed by atoms with van der Waals surface area (Å²) in [6, 6.07) is 12.8. The molecule has 7 heteroatoms. The molecule has 0 unspecified atom stereocenters. The highest BCUT2D eigenvalue weighted by atomic mass is 35.5.